The van der Waals surface area contributed by atoms with Crippen molar-refractivity contribution in [2.75, 3.05) is 13.1 Å². The molecule has 0 bridgehead atoms. The highest BCUT2D eigenvalue weighted by Gasteiger charge is 2.42. The van der Waals surface area contributed by atoms with Gasteiger partial charge in [-0.25, -0.2) is 4.79 Å². The quantitative estimate of drug-likeness (QED) is 0.932. The van der Waals surface area contributed by atoms with Crippen molar-refractivity contribution in [1.82, 2.24) is 15.1 Å². The van der Waals surface area contributed by atoms with Crippen molar-refractivity contribution >= 4 is 11.9 Å². The molecule has 5 nitrogen and oxygen atoms in total. The molecule has 2 fully saturated rings. The zero-order valence-corrected chi connectivity index (χ0v) is 13.9. The molecule has 5 heteroatoms. The summed E-state index contributed by atoms with van der Waals surface area (Å²) in [6.07, 6.45) is 2.86. The number of rotatable bonds is 3. The fraction of sp³-hybridized carbons (Fsp3) is 0.556. The van der Waals surface area contributed by atoms with Crippen LogP contribution in [0.1, 0.15) is 44.7 Å². The molecule has 0 spiro atoms. The Morgan fingerprint density at radius 3 is 2.78 bits per heavy atom. The van der Waals surface area contributed by atoms with E-state index in [9.17, 15) is 9.59 Å². The van der Waals surface area contributed by atoms with Gasteiger partial charge >= 0.3 is 6.03 Å². The van der Waals surface area contributed by atoms with E-state index in [1.165, 1.54) is 0 Å². The van der Waals surface area contributed by atoms with E-state index in [0.717, 1.165) is 31.4 Å². The number of carbonyl (C=O) groups is 2. The molecule has 3 amide bonds. The predicted octanol–water partition coefficient (Wildman–Crippen LogP) is 2.54. The van der Waals surface area contributed by atoms with Crippen molar-refractivity contribution in [3.63, 3.8) is 0 Å². The number of piperazine rings is 1. The lowest BCUT2D eigenvalue weighted by Gasteiger charge is -2.41. The van der Waals surface area contributed by atoms with Crippen LogP contribution >= 0.6 is 0 Å². The van der Waals surface area contributed by atoms with Crippen molar-refractivity contribution in [3.05, 3.63) is 35.9 Å². The molecular formula is C18H25N3O2. The predicted molar refractivity (Wildman–Crippen MR) is 88.9 cm³/mol. The molecule has 3 rings (SSSR count). The standard InChI is InChI=1S/C18H25N3O2/c1-3-16(14-8-5-4-6-9-14)19-18(23)21-12-15-10-7-11-20(15)17(22)13(21)2/h4-6,8-9,13,15-16H,3,7,10-12H2,1-2H3,(H,19,23)/t13-,15-,16-/m0/s1. The van der Waals surface area contributed by atoms with Crippen LogP contribution in [0, 0.1) is 0 Å². The summed E-state index contributed by atoms with van der Waals surface area (Å²) >= 11 is 0. The molecule has 0 saturated carbocycles. The molecule has 124 valence electrons. The van der Waals surface area contributed by atoms with Crippen LogP contribution in [0.2, 0.25) is 0 Å². The molecule has 2 aliphatic rings. The van der Waals surface area contributed by atoms with Crippen molar-refractivity contribution < 1.29 is 9.59 Å². The number of carbonyl (C=O) groups excluding carboxylic acids is 2. The van der Waals surface area contributed by atoms with Crippen molar-refractivity contribution in [1.29, 1.82) is 0 Å². The summed E-state index contributed by atoms with van der Waals surface area (Å²) in [6.45, 7) is 5.37. The van der Waals surface area contributed by atoms with E-state index in [1.54, 1.807) is 4.90 Å². The number of fused-ring (bicyclic) bond motifs is 1. The number of hydrogen-bond acceptors (Lipinski definition) is 2. The van der Waals surface area contributed by atoms with E-state index in [-0.39, 0.29) is 30.1 Å². The minimum absolute atomic E-state index is 0.0207. The Hall–Kier alpha value is -2.04. The monoisotopic (exact) mass is 315 g/mol. The molecule has 1 N–H and O–H groups in total. The van der Waals surface area contributed by atoms with Crippen LogP contribution in [0.25, 0.3) is 0 Å². The third kappa shape index (κ3) is 3.05. The first kappa shape index (κ1) is 15.8. The zero-order chi connectivity index (χ0) is 16.4. The molecule has 0 aromatic heterocycles. The average Bonchev–Trinajstić information content (AvgIpc) is 3.05. The maximum Gasteiger partial charge on any atom is 0.318 e. The third-order valence-corrected chi connectivity index (χ3v) is 5.06. The van der Waals surface area contributed by atoms with Gasteiger partial charge in [-0.05, 0) is 31.7 Å². The second-order valence-electron chi connectivity index (χ2n) is 6.48. The van der Waals surface area contributed by atoms with Crippen LogP contribution in [0.4, 0.5) is 4.79 Å². The minimum Gasteiger partial charge on any atom is -0.336 e. The summed E-state index contributed by atoms with van der Waals surface area (Å²) < 4.78 is 0. The van der Waals surface area contributed by atoms with Crippen LogP contribution in [-0.4, -0.2) is 46.9 Å². The summed E-state index contributed by atoms with van der Waals surface area (Å²) in [6, 6.07) is 9.65. The maximum absolute atomic E-state index is 12.7. The Morgan fingerprint density at radius 1 is 1.35 bits per heavy atom. The first-order valence-electron chi connectivity index (χ1n) is 8.54. The smallest absolute Gasteiger partial charge is 0.318 e. The normalized spacial score (nSPS) is 25.2. The van der Waals surface area contributed by atoms with E-state index < -0.39 is 0 Å². The van der Waals surface area contributed by atoms with Crippen LogP contribution in [-0.2, 0) is 4.79 Å². The molecule has 1 aromatic rings. The van der Waals surface area contributed by atoms with Crippen molar-refractivity contribution in [2.24, 2.45) is 0 Å². The van der Waals surface area contributed by atoms with Crippen molar-refractivity contribution in [2.45, 2.75) is 51.2 Å². The van der Waals surface area contributed by atoms with Gasteiger partial charge in [0.2, 0.25) is 5.91 Å². The molecule has 0 unspecified atom stereocenters. The minimum atomic E-state index is -0.377. The Labute approximate surface area is 137 Å². The molecule has 2 saturated heterocycles. The van der Waals surface area contributed by atoms with Gasteiger partial charge in [-0.3, -0.25) is 4.79 Å². The largest absolute Gasteiger partial charge is 0.336 e. The fourth-order valence-electron chi connectivity index (χ4n) is 3.67. The number of nitrogens with one attached hydrogen (secondary N) is 1. The molecule has 1 aromatic carbocycles. The number of urea groups is 1. The Balaban J connectivity index is 1.70. The van der Waals surface area contributed by atoms with Gasteiger partial charge in [0, 0.05) is 19.1 Å². The van der Waals surface area contributed by atoms with Gasteiger partial charge < -0.3 is 15.1 Å². The second kappa shape index (κ2) is 6.60. The highest BCUT2D eigenvalue weighted by molar-refractivity contribution is 5.88. The van der Waals surface area contributed by atoms with Gasteiger partial charge in [0.1, 0.15) is 6.04 Å². The molecular weight excluding hydrogens is 290 g/mol. The summed E-state index contributed by atoms with van der Waals surface area (Å²) in [5.74, 6) is 0.0849. The number of hydrogen-bond donors (Lipinski definition) is 1. The molecule has 3 atom stereocenters. The molecule has 0 aliphatic carbocycles. The lowest BCUT2D eigenvalue weighted by molar-refractivity contribution is -0.140. The maximum atomic E-state index is 12.7. The van der Waals surface area contributed by atoms with Gasteiger partial charge in [-0.15, -0.1) is 0 Å². The second-order valence-corrected chi connectivity index (χ2v) is 6.48. The summed E-state index contributed by atoms with van der Waals surface area (Å²) in [5.41, 5.74) is 1.10. The van der Waals surface area contributed by atoms with Crippen LogP contribution < -0.4 is 5.32 Å². The summed E-state index contributed by atoms with van der Waals surface area (Å²) in [7, 11) is 0. The lowest BCUT2D eigenvalue weighted by atomic mass is 10.0. The van der Waals surface area contributed by atoms with E-state index in [1.807, 2.05) is 42.2 Å². The van der Waals surface area contributed by atoms with Crippen LogP contribution in [0.5, 0.6) is 0 Å². The molecule has 2 aliphatic heterocycles. The average molecular weight is 315 g/mol. The number of amides is 3. The van der Waals surface area contributed by atoms with E-state index in [0.29, 0.717) is 6.54 Å². The highest BCUT2D eigenvalue weighted by Crippen LogP contribution is 2.26. The Bertz CT molecular complexity index is 575. The summed E-state index contributed by atoms with van der Waals surface area (Å²) in [4.78, 5) is 28.8. The lowest BCUT2D eigenvalue weighted by Crippen LogP contribution is -2.62. The zero-order valence-electron chi connectivity index (χ0n) is 13.9. The van der Waals surface area contributed by atoms with Crippen LogP contribution in [0.15, 0.2) is 30.3 Å². The number of nitrogens with zero attached hydrogens (tertiary/aromatic N) is 2. The summed E-state index contributed by atoms with van der Waals surface area (Å²) in [5, 5.41) is 3.10. The molecule has 0 radical (unpaired) electrons. The third-order valence-electron chi connectivity index (χ3n) is 5.06. The van der Waals surface area contributed by atoms with E-state index in [4.69, 9.17) is 0 Å². The van der Waals surface area contributed by atoms with Gasteiger partial charge in [0.25, 0.3) is 0 Å². The van der Waals surface area contributed by atoms with Gasteiger partial charge in [0.05, 0.1) is 6.04 Å². The SMILES string of the molecule is CC[C@H](NC(=O)N1C[C@@H]2CCCN2C(=O)[C@@H]1C)c1ccccc1. The van der Waals surface area contributed by atoms with E-state index >= 15 is 0 Å². The highest BCUT2D eigenvalue weighted by atomic mass is 16.2. The molecule has 2 heterocycles. The fourth-order valence-corrected chi connectivity index (χ4v) is 3.67. The Morgan fingerprint density at radius 2 is 2.09 bits per heavy atom. The number of benzene rings is 1. The van der Waals surface area contributed by atoms with Gasteiger partial charge in [-0.1, -0.05) is 37.3 Å². The Kier molecular flexibility index (Phi) is 4.55. The first-order chi connectivity index (χ1) is 11.1. The van der Waals surface area contributed by atoms with E-state index in [2.05, 4.69) is 12.2 Å². The first-order valence-corrected chi connectivity index (χ1v) is 8.54. The van der Waals surface area contributed by atoms with Gasteiger partial charge in [-0.2, -0.15) is 0 Å². The topological polar surface area (TPSA) is 52.7 Å². The van der Waals surface area contributed by atoms with Gasteiger partial charge in [0.15, 0.2) is 0 Å². The molecule has 23 heavy (non-hydrogen) atoms. The van der Waals surface area contributed by atoms with Crippen LogP contribution in [0.3, 0.4) is 0 Å². The van der Waals surface area contributed by atoms with Crippen molar-refractivity contribution in [3.8, 4) is 0 Å².